The van der Waals surface area contributed by atoms with E-state index in [1.165, 1.54) is 11.3 Å². The van der Waals surface area contributed by atoms with Gasteiger partial charge in [0.2, 0.25) is 5.91 Å². The van der Waals surface area contributed by atoms with Crippen LogP contribution in [-0.2, 0) is 10.3 Å². The van der Waals surface area contributed by atoms with Gasteiger partial charge in [0.05, 0.1) is 5.54 Å². The fourth-order valence-corrected chi connectivity index (χ4v) is 3.56. The third kappa shape index (κ3) is 3.02. The largest absolute Gasteiger partial charge is 0.409 e. The number of rotatable bonds is 4. The molecule has 2 rings (SSSR count). The highest BCUT2D eigenvalue weighted by Crippen LogP contribution is 2.38. The van der Waals surface area contributed by atoms with E-state index in [0.717, 1.165) is 24.3 Å². The maximum Gasteiger partial charge on any atom is 0.234 e. The van der Waals surface area contributed by atoms with Crippen molar-refractivity contribution >= 4 is 23.1 Å². The number of amides is 1. The molecule has 1 aromatic rings. The van der Waals surface area contributed by atoms with Crippen molar-refractivity contribution in [1.29, 1.82) is 0 Å². The van der Waals surface area contributed by atoms with E-state index in [9.17, 15) is 4.79 Å². The van der Waals surface area contributed by atoms with Crippen LogP contribution in [0.2, 0.25) is 0 Å². The molecule has 6 nitrogen and oxygen atoms in total. The number of amidine groups is 1. The molecule has 0 spiro atoms. The molecular formula is C14H22N4O2S. The monoisotopic (exact) mass is 310 g/mol. The van der Waals surface area contributed by atoms with Gasteiger partial charge < -0.3 is 16.3 Å². The topological polar surface area (TPSA) is 101 Å². The van der Waals surface area contributed by atoms with Crippen molar-refractivity contribution in [3.05, 3.63) is 16.6 Å². The average Bonchev–Trinajstić information content (AvgIpc) is 3.01. The molecule has 0 unspecified atom stereocenters. The number of thiazole rings is 1. The summed E-state index contributed by atoms with van der Waals surface area (Å²) in [6, 6.07) is 0. The first-order chi connectivity index (χ1) is 9.92. The number of carbonyl (C=O) groups is 1. The molecule has 116 valence electrons. The highest BCUT2D eigenvalue weighted by atomic mass is 32.1. The minimum absolute atomic E-state index is 0.00892. The molecule has 1 saturated carbocycles. The molecule has 1 fully saturated rings. The maximum atomic E-state index is 12.8. The maximum absolute atomic E-state index is 12.8. The predicted molar refractivity (Wildman–Crippen MR) is 82.2 cm³/mol. The van der Waals surface area contributed by atoms with Gasteiger partial charge in [0.1, 0.15) is 10.4 Å². The third-order valence-corrected chi connectivity index (χ3v) is 5.23. The van der Waals surface area contributed by atoms with Crippen LogP contribution in [0.3, 0.4) is 0 Å². The molecule has 1 aromatic heterocycles. The number of nitrogens with one attached hydrogen (secondary N) is 1. The summed E-state index contributed by atoms with van der Waals surface area (Å²) in [5, 5.41) is 17.9. The summed E-state index contributed by atoms with van der Waals surface area (Å²) in [6.45, 7) is 3.82. The van der Waals surface area contributed by atoms with E-state index in [2.05, 4.69) is 15.5 Å². The third-order valence-electron chi connectivity index (χ3n) is 4.13. The highest BCUT2D eigenvalue weighted by Gasteiger charge is 2.45. The van der Waals surface area contributed by atoms with Crippen LogP contribution in [0.1, 0.15) is 51.0 Å². The summed E-state index contributed by atoms with van der Waals surface area (Å²) in [6.07, 6.45) is 5.82. The van der Waals surface area contributed by atoms with Gasteiger partial charge in [-0.05, 0) is 26.7 Å². The van der Waals surface area contributed by atoms with E-state index in [1.807, 2.05) is 19.2 Å². The Bertz CT molecular complexity index is 519. The van der Waals surface area contributed by atoms with Crippen LogP contribution in [-0.4, -0.2) is 21.9 Å². The molecule has 0 radical (unpaired) electrons. The van der Waals surface area contributed by atoms with Crippen LogP contribution in [0, 0.1) is 5.41 Å². The number of nitrogens with zero attached hydrogens (tertiary/aromatic N) is 2. The minimum Gasteiger partial charge on any atom is -0.409 e. The van der Waals surface area contributed by atoms with Crippen LogP contribution in [0.4, 0.5) is 0 Å². The van der Waals surface area contributed by atoms with Crippen molar-refractivity contribution in [2.75, 3.05) is 0 Å². The average molecular weight is 310 g/mol. The number of aromatic nitrogens is 1. The molecule has 0 aromatic carbocycles. The molecule has 0 saturated heterocycles. The summed E-state index contributed by atoms with van der Waals surface area (Å²) in [7, 11) is 0. The predicted octanol–water partition coefficient (Wildman–Crippen LogP) is 2.19. The first-order valence-corrected chi connectivity index (χ1v) is 8.01. The molecule has 1 amide bonds. The number of hydrogen-bond acceptors (Lipinski definition) is 5. The van der Waals surface area contributed by atoms with E-state index in [1.54, 1.807) is 6.20 Å². The Kier molecular flexibility index (Phi) is 4.51. The molecule has 1 aliphatic rings. The zero-order valence-corrected chi connectivity index (χ0v) is 13.2. The van der Waals surface area contributed by atoms with Gasteiger partial charge in [0, 0.05) is 11.6 Å². The lowest BCUT2D eigenvalue weighted by Crippen LogP contribution is -2.55. The van der Waals surface area contributed by atoms with E-state index < -0.39 is 11.0 Å². The fraction of sp³-hybridized carbons (Fsp3) is 0.643. The van der Waals surface area contributed by atoms with Gasteiger partial charge in [0.15, 0.2) is 5.84 Å². The Labute approximate surface area is 128 Å². The SMILES string of the molecule is CC(C)(NC(=O)C1(/C(N)=N/O)CCCCC1)c1nccs1. The quantitative estimate of drug-likeness (QED) is 0.343. The van der Waals surface area contributed by atoms with Crippen molar-refractivity contribution in [3.63, 3.8) is 0 Å². The van der Waals surface area contributed by atoms with Crippen molar-refractivity contribution in [2.24, 2.45) is 16.3 Å². The van der Waals surface area contributed by atoms with Gasteiger partial charge in [-0.2, -0.15) is 0 Å². The van der Waals surface area contributed by atoms with Crippen molar-refractivity contribution in [1.82, 2.24) is 10.3 Å². The summed E-state index contributed by atoms with van der Waals surface area (Å²) in [5.74, 6) is -0.174. The van der Waals surface area contributed by atoms with Crippen LogP contribution in [0.25, 0.3) is 0 Å². The number of oxime groups is 1. The molecule has 1 heterocycles. The van der Waals surface area contributed by atoms with Crippen LogP contribution < -0.4 is 11.1 Å². The summed E-state index contributed by atoms with van der Waals surface area (Å²) >= 11 is 1.49. The second-order valence-electron chi connectivity index (χ2n) is 6.04. The van der Waals surface area contributed by atoms with Gasteiger partial charge >= 0.3 is 0 Å². The molecule has 0 atom stereocenters. The standard InChI is InChI=1S/C14H22N4O2S/c1-13(2,12-16-8-9-21-12)17-11(19)14(10(15)18-20)6-4-3-5-7-14/h8-9,20H,3-7H2,1-2H3,(H2,15,18)(H,17,19). The van der Waals surface area contributed by atoms with Crippen LogP contribution in [0.15, 0.2) is 16.7 Å². The summed E-state index contributed by atoms with van der Waals surface area (Å²) < 4.78 is 0. The minimum atomic E-state index is -0.901. The van der Waals surface area contributed by atoms with Gasteiger partial charge in [-0.1, -0.05) is 24.4 Å². The first-order valence-electron chi connectivity index (χ1n) is 7.13. The second-order valence-corrected chi connectivity index (χ2v) is 6.94. The molecule has 7 heteroatoms. The Hall–Kier alpha value is -1.63. The van der Waals surface area contributed by atoms with Crippen molar-refractivity contribution in [2.45, 2.75) is 51.5 Å². The highest BCUT2D eigenvalue weighted by molar-refractivity contribution is 7.09. The van der Waals surface area contributed by atoms with Crippen LogP contribution in [0.5, 0.6) is 0 Å². The molecular weight excluding hydrogens is 288 g/mol. The fourth-order valence-electron chi connectivity index (χ4n) is 2.84. The normalized spacial score (nSPS) is 19.2. The molecule has 0 bridgehead atoms. The van der Waals surface area contributed by atoms with E-state index >= 15 is 0 Å². The number of nitrogens with two attached hydrogens (primary N) is 1. The van der Waals surface area contributed by atoms with Gasteiger partial charge in [-0.15, -0.1) is 11.3 Å². The van der Waals surface area contributed by atoms with Gasteiger partial charge in [-0.25, -0.2) is 4.98 Å². The van der Waals surface area contributed by atoms with Crippen molar-refractivity contribution in [3.8, 4) is 0 Å². The Morgan fingerprint density at radius 3 is 2.67 bits per heavy atom. The molecule has 1 aliphatic carbocycles. The second kappa shape index (κ2) is 6.01. The summed E-state index contributed by atoms with van der Waals surface area (Å²) in [5.41, 5.74) is 4.37. The Balaban J connectivity index is 2.23. The smallest absolute Gasteiger partial charge is 0.234 e. The number of carbonyl (C=O) groups excluding carboxylic acids is 1. The zero-order chi connectivity index (χ0) is 15.5. The van der Waals surface area contributed by atoms with Gasteiger partial charge in [-0.3, -0.25) is 4.79 Å². The van der Waals surface area contributed by atoms with E-state index in [4.69, 9.17) is 10.9 Å². The lowest BCUT2D eigenvalue weighted by Gasteiger charge is -2.37. The Morgan fingerprint density at radius 2 is 2.14 bits per heavy atom. The molecule has 4 N–H and O–H groups in total. The molecule has 0 aliphatic heterocycles. The van der Waals surface area contributed by atoms with E-state index in [0.29, 0.717) is 12.8 Å². The lowest BCUT2D eigenvalue weighted by molar-refractivity contribution is -0.130. The molecule has 21 heavy (non-hydrogen) atoms. The lowest BCUT2D eigenvalue weighted by atomic mass is 9.72. The Morgan fingerprint density at radius 1 is 1.48 bits per heavy atom. The van der Waals surface area contributed by atoms with Gasteiger partial charge in [0.25, 0.3) is 0 Å². The van der Waals surface area contributed by atoms with E-state index in [-0.39, 0.29) is 11.7 Å². The van der Waals surface area contributed by atoms with Crippen molar-refractivity contribution < 1.29 is 10.0 Å². The first kappa shape index (κ1) is 15.8. The zero-order valence-electron chi connectivity index (χ0n) is 12.4. The summed E-state index contributed by atoms with van der Waals surface area (Å²) in [4.78, 5) is 17.1. The number of hydrogen-bond donors (Lipinski definition) is 3. The van der Waals surface area contributed by atoms with Crippen LogP contribution >= 0.6 is 11.3 Å².